The van der Waals surface area contributed by atoms with Crippen molar-refractivity contribution in [2.24, 2.45) is 5.73 Å². The monoisotopic (exact) mass is 284 g/mol. The van der Waals surface area contributed by atoms with Crippen LogP contribution < -0.4 is 11.1 Å². The van der Waals surface area contributed by atoms with Crippen LogP contribution in [0.3, 0.4) is 0 Å². The molecule has 0 fully saturated rings. The van der Waals surface area contributed by atoms with Gasteiger partial charge in [-0.2, -0.15) is 0 Å². The van der Waals surface area contributed by atoms with Crippen LogP contribution in [0.25, 0.3) is 0 Å². The Bertz CT molecular complexity index is 378. The Balaban J connectivity index is 0.00000324. The lowest BCUT2D eigenvalue weighted by atomic mass is 10.00. The van der Waals surface area contributed by atoms with Crippen LogP contribution in [-0.4, -0.2) is 18.5 Å². The van der Waals surface area contributed by atoms with E-state index in [0.717, 1.165) is 12.8 Å². The van der Waals surface area contributed by atoms with Crippen molar-refractivity contribution in [2.75, 3.05) is 6.54 Å². The van der Waals surface area contributed by atoms with Gasteiger partial charge in [0.15, 0.2) is 0 Å². The largest absolute Gasteiger partial charge is 0.354 e. The lowest BCUT2D eigenvalue weighted by Gasteiger charge is -2.16. The topological polar surface area (TPSA) is 55.1 Å². The average molecular weight is 285 g/mol. The zero-order chi connectivity index (χ0) is 13.5. The van der Waals surface area contributed by atoms with Crippen LogP contribution in [0.5, 0.6) is 0 Å². The van der Waals surface area contributed by atoms with E-state index in [0.29, 0.717) is 12.5 Å². The standard InChI is InChI=1S/C15H24N2O.ClH/c1-4-5-14(16)15(18)17-10-12(3)13-8-6-11(2)7-9-13;/h6-9,12,14H,4-5,10,16H2,1-3H3,(H,17,18);1H. The third-order valence-corrected chi connectivity index (χ3v) is 3.17. The summed E-state index contributed by atoms with van der Waals surface area (Å²) in [7, 11) is 0. The number of hydrogen-bond acceptors (Lipinski definition) is 2. The number of halogens is 1. The van der Waals surface area contributed by atoms with Crippen molar-refractivity contribution in [1.82, 2.24) is 5.32 Å². The van der Waals surface area contributed by atoms with E-state index < -0.39 is 0 Å². The quantitative estimate of drug-likeness (QED) is 0.844. The molecule has 0 saturated heterocycles. The maximum Gasteiger partial charge on any atom is 0.236 e. The zero-order valence-electron chi connectivity index (χ0n) is 12.0. The molecule has 0 spiro atoms. The molecule has 3 N–H and O–H groups in total. The van der Waals surface area contributed by atoms with Crippen LogP contribution in [0.15, 0.2) is 24.3 Å². The number of carbonyl (C=O) groups is 1. The number of carbonyl (C=O) groups excluding carboxylic acids is 1. The number of amides is 1. The predicted octanol–water partition coefficient (Wildman–Crippen LogP) is 2.76. The van der Waals surface area contributed by atoms with Gasteiger partial charge in [0.2, 0.25) is 5.91 Å². The Labute approximate surface area is 122 Å². The van der Waals surface area contributed by atoms with Crippen LogP contribution in [0, 0.1) is 6.92 Å². The summed E-state index contributed by atoms with van der Waals surface area (Å²) >= 11 is 0. The second kappa shape index (κ2) is 8.94. The Morgan fingerprint density at radius 3 is 2.42 bits per heavy atom. The predicted molar refractivity (Wildman–Crippen MR) is 82.7 cm³/mol. The minimum atomic E-state index is -0.375. The minimum absolute atomic E-state index is 0. The van der Waals surface area contributed by atoms with Gasteiger partial charge in [0.25, 0.3) is 0 Å². The van der Waals surface area contributed by atoms with Gasteiger partial charge in [0, 0.05) is 6.54 Å². The van der Waals surface area contributed by atoms with Crippen molar-refractivity contribution in [3.05, 3.63) is 35.4 Å². The molecule has 19 heavy (non-hydrogen) atoms. The van der Waals surface area contributed by atoms with Crippen LogP contribution in [0.2, 0.25) is 0 Å². The lowest BCUT2D eigenvalue weighted by Crippen LogP contribution is -2.41. The van der Waals surface area contributed by atoms with Crippen molar-refractivity contribution < 1.29 is 4.79 Å². The molecule has 2 atom stereocenters. The summed E-state index contributed by atoms with van der Waals surface area (Å²) < 4.78 is 0. The van der Waals surface area contributed by atoms with Gasteiger partial charge >= 0.3 is 0 Å². The molecule has 108 valence electrons. The van der Waals surface area contributed by atoms with E-state index >= 15 is 0 Å². The first-order valence-corrected chi connectivity index (χ1v) is 6.64. The SMILES string of the molecule is CCCC(N)C(=O)NCC(C)c1ccc(C)cc1.Cl. The van der Waals surface area contributed by atoms with E-state index in [1.54, 1.807) is 0 Å². The highest BCUT2D eigenvalue weighted by Gasteiger charge is 2.13. The molecular weight excluding hydrogens is 260 g/mol. The highest BCUT2D eigenvalue weighted by Crippen LogP contribution is 2.14. The third-order valence-electron chi connectivity index (χ3n) is 3.17. The molecule has 4 heteroatoms. The van der Waals surface area contributed by atoms with Crippen LogP contribution in [0.4, 0.5) is 0 Å². The first-order valence-electron chi connectivity index (χ1n) is 6.64. The van der Waals surface area contributed by atoms with Crippen LogP contribution >= 0.6 is 12.4 Å². The second-order valence-corrected chi connectivity index (χ2v) is 4.95. The highest BCUT2D eigenvalue weighted by atomic mass is 35.5. The Kier molecular flexibility index (Phi) is 8.44. The molecule has 0 aliphatic carbocycles. The fourth-order valence-corrected chi connectivity index (χ4v) is 1.84. The van der Waals surface area contributed by atoms with Crippen LogP contribution in [0.1, 0.15) is 43.7 Å². The fraction of sp³-hybridized carbons (Fsp3) is 0.533. The molecule has 0 aliphatic heterocycles. The maximum atomic E-state index is 11.7. The Hall–Kier alpha value is -1.06. The first-order chi connectivity index (χ1) is 8.54. The van der Waals surface area contributed by atoms with E-state index in [1.807, 2.05) is 6.92 Å². The number of hydrogen-bond donors (Lipinski definition) is 2. The van der Waals surface area contributed by atoms with E-state index in [1.165, 1.54) is 11.1 Å². The molecule has 1 aromatic rings. The summed E-state index contributed by atoms with van der Waals surface area (Å²) in [4.78, 5) is 11.7. The highest BCUT2D eigenvalue weighted by molar-refractivity contribution is 5.85. The number of rotatable bonds is 6. The van der Waals surface area contributed by atoms with Gasteiger partial charge in [-0.3, -0.25) is 4.79 Å². The molecule has 0 saturated carbocycles. The summed E-state index contributed by atoms with van der Waals surface area (Å²) in [6.07, 6.45) is 1.67. The molecule has 0 heterocycles. The average Bonchev–Trinajstić information content (AvgIpc) is 2.36. The van der Waals surface area contributed by atoms with Gasteiger partial charge < -0.3 is 11.1 Å². The Morgan fingerprint density at radius 1 is 1.32 bits per heavy atom. The number of nitrogens with one attached hydrogen (secondary N) is 1. The summed E-state index contributed by atoms with van der Waals surface area (Å²) in [6, 6.07) is 8.03. The molecule has 3 nitrogen and oxygen atoms in total. The number of benzene rings is 1. The van der Waals surface area contributed by atoms with E-state index in [-0.39, 0.29) is 24.4 Å². The summed E-state index contributed by atoms with van der Waals surface area (Å²) in [5.74, 6) is 0.263. The molecule has 1 rings (SSSR count). The van der Waals surface area contributed by atoms with Crippen molar-refractivity contribution >= 4 is 18.3 Å². The normalized spacial score (nSPS) is 13.3. The van der Waals surface area contributed by atoms with Crippen molar-refractivity contribution in [1.29, 1.82) is 0 Å². The third kappa shape index (κ3) is 6.08. The van der Waals surface area contributed by atoms with Gasteiger partial charge in [0.05, 0.1) is 6.04 Å². The van der Waals surface area contributed by atoms with Crippen molar-refractivity contribution in [3.63, 3.8) is 0 Å². The molecule has 0 aromatic heterocycles. The molecule has 0 radical (unpaired) electrons. The lowest BCUT2D eigenvalue weighted by molar-refractivity contribution is -0.122. The molecule has 0 bridgehead atoms. The summed E-state index contributed by atoms with van der Waals surface area (Å²) in [6.45, 7) is 6.84. The molecular formula is C15H25ClN2O. The fourth-order valence-electron chi connectivity index (χ4n) is 1.84. The Morgan fingerprint density at radius 2 is 1.89 bits per heavy atom. The van der Waals surface area contributed by atoms with E-state index in [9.17, 15) is 4.79 Å². The molecule has 2 unspecified atom stereocenters. The van der Waals surface area contributed by atoms with Gasteiger partial charge in [0.1, 0.15) is 0 Å². The molecule has 1 amide bonds. The summed E-state index contributed by atoms with van der Waals surface area (Å²) in [5.41, 5.74) is 8.25. The van der Waals surface area contributed by atoms with Crippen LogP contribution in [-0.2, 0) is 4.79 Å². The zero-order valence-corrected chi connectivity index (χ0v) is 12.8. The van der Waals surface area contributed by atoms with Gasteiger partial charge in [-0.1, -0.05) is 50.1 Å². The molecule has 1 aromatic carbocycles. The van der Waals surface area contributed by atoms with Crippen molar-refractivity contribution in [2.45, 2.75) is 45.6 Å². The van der Waals surface area contributed by atoms with Gasteiger partial charge in [-0.05, 0) is 24.8 Å². The van der Waals surface area contributed by atoms with E-state index in [2.05, 4.69) is 43.4 Å². The van der Waals surface area contributed by atoms with Gasteiger partial charge in [-0.25, -0.2) is 0 Å². The maximum absolute atomic E-state index is 11.7. The number of aryl methyl sites for hydroxylation is 1. The first kappa shape index (κ1) is 17.9. The van der Waals surface area contributed by atoms with Gasteiger partial charge in [-0.15, -0.1) is 12.4 Å². The minimum Gasteiger partial charge on any atom is -0.354 e. The smallest absolute Gasteiger partial charge is 0.236 e. The second-order valence-electron chi connectivity index (χ2n) is 4.95. The summed E-state index contributed by atoms with van der Waals surface area (Å²) in [5, 5.41) is 2.92. The molecule has 0 aliphatic rings. The van der Waals surface area contributed by atoms with Crippen molar-refractivity contribution in [3.8, 4) is 0 Å². The van der Waals surface area contributed by atoms with E-state index in [4.69, 9.17) is 5.73 Å². The number of nitrogens with two attached hydrogens (primary N) is 1.